The van der Waals surface area contributed by atoms with Gasteiger partial charge in [0.25, 0.3) is 5.91 Å². The van der Waals surface area contributed by atoms with Gasteiger partial charge in [-0.1, -0.05) is 26.8 Å². The van der Waals surface area contributed by atoms with E-state index in [-0.39, 0.29) is 17.4 Å². The molecule has 0 spiro atoms. The molecule has 1 N–H and O–H groups in total. The van der Waals surface area contributed by atoms with Crippen molar-refractivity contribution in [1.82, 2.24) is 20.3 Å². The van der Waals surface area contributed by atoms with E-state index >= 15 is 0 Å². The zero-order valence-corrected chi connectivity index (χ0v) is 16.9. The van der Waals surface area contributed by atoms with Gasteiger partial charge in [-0.3, -0.25) is 9.78 Å². The lowest BCUT2D eigenvalue weighted by Crippen LogP contribution is -2.26. The summed E-state index contributed by atoms with van der Waals surface area (Å²) in [6.45, 7) is 12.2. The fraction of sp³-hybridized carbons (Fsp3) is 0.400. The Morgan fingerprint density at radius 3 is 2.54 bits per heavy atom. The van der Waals surface area contributed by atoms with Gasteiger partial charge in [-0.15, -0.1) is 11.3 Å². The Morgan fingerprint density at radius 1 is 1.19 bits per heavy atom. The summed E-state index contributed by atoms with van der Waals surface area (Å²) in [4.78, 5) is 28.1. The van der Waals surface area contributed by atoms with Crippen LogP contribution in [0.2, 0.25) is 0 Å². The van der Waals surface area contributed by atoms with Gasteiger partial charge in [-0.25, -0.2) is 9.97 Å². The first kappa shape index (κ1) is 18.5. The number of hydrogen-bond acceptors (Lipinski definition) is 5. The van der Waals surface area contributed by atoms with Crippen molar-refractivity contribution < 1.29 is 4.79 Å². The number of nitrogens with zero attached hydrogens (tertiary/aromatic N) is 3. The van der Waals surface area contributed by atoms with Gasteiger partial charge < -0.3 is 5.32 Å². The molecule has 1 atom stereocenters. The van der Waals surface area contributed by atoms with Gasteiger partial charge >= 0.3 is 0 Å². The number of fused-ring (bicyclic) bond motifs is 1. The average molecular weight is 369 g/mol. The maximum absolute atomic E-state index is 12.8. The quantitative estimate of drug-likeness (QED) is 0.739. The number of hydrogen-bond donors (Lipinski definition) is 1. The van der Waals surface area contributed by atoms with Crippen LogP contribution in [0, 0.1) is 13.8 Å². The monoisotopic (exact) mass is 368 g/mol. The van der Waals surface area contributed by atoms with E-state index in [0.29, 0.717) is 4.88 Å². The van der Waals surface area contributed by atoms with Crippen molar-refractivity contribution in [2.75, 3.05) is 0 Å². The zero-order valence-electron chi connectivity index (χ0n) is 16.0. The average Bonchev–Trinajstić information content (AvgIpc) is 2.92. The second-order valence-corrected chi connectivity index (χ2v) is 8.57. The number of nitrogens with one attached hydrogen (secondary N) is 1. The van der Waals surface area contributed by atoms with E-state index in [9.17, 15) is 4.79 Å². The lowest BCUT2D eigenvalue weighted by molar-refractivity contribution is 0.0943. The Bertz CT molecular complexity index is 957. The van der Waals surface area contributed by atoms with Crippen LogP contribution >= 0.6 is 11.3 Å². The molecular weight excluding hydrogens is 344 g/mol. The molecule has 0 bridgehead atoms. The molecule has 3 heterocycles. The summed E-state index contributed by atoms with van der Waals surface area (Å²) in [5.74, 6) is 0.706. The third-order valence-electron chi connectivity index (χ3n) is 4.33. The van der Waals surface area contributed by atoms with Gasteiger partial charge in [0.1, 0.15) is 10.7 Å². The standard InChI is InChI=1S/C20H24N4OS/c1-11-15-13(3)23-19(20(4,5)6)24-18(15)26-16(11)17(25)22-12(2)14-9-7-8-10-21-14/h7-10,12H,1-6H3,(H,22,25). The van der Waals surface area contributed by atoms with Crippen LogP contribution in [0.5, 0.6) is 0 Å². The largest absolute Gasteiger partial charge is 0.343 e. The molecule has 0 aromatic carbocycles. The predicted molar refractivity (Wildman–Crippen MR) is 106 cm³/mol. The van der Waals surface area contributed by atoms with Crippen molar-refractivity contribution in [2.24, 2.45) is 0 Å². The molecule has 0 radical (unpaired) electrons. The Labute approximate surface area is 157 Å². The molecule has 0 saturated carbocycles. The summed E-state index contributed by atoms with van der Waals surface area (Å²) >= 11 is 1.43. The molecular formula is C20H24N4OS. The predicted octanol–water partition coefficient (Wildman–Crippen LogP) is 4.49. The van der Waals surface area contributed by atoms with E-state index in [1.807, 2.05) is 39.0 Å². The number of pyridine rings is 1. The van der Waals surface area contributed by atoms with Crippen molar-refractivity contribution in [1.29, 1.82) is 0 Å². The van der Waals surface area contributed by atoms with Crippen LogP contribution in [0.3, 0.4) is 0 Å². The summed E-state index contributed by atoms with van der Waals surface area (Å²) in [6, 6.07) is 5.53. The highest BCUT2D eigenvalue weighted by Crippen LogP contribution is 2.33. The second kappa shape index (κ2) is 6.76. The molecule has 26 heavy (non-hydrogen) atoms. The first-order valence-corrected chi connectivity index (χ1v) is 9.50. The number of aryl methyl sites for hydroxylation is 2. The number of carbonyl (C=O) groups excluding carboxylic acids is 1. The van der Waals surface area contributed by atoms with Gasteiger partial charge in [0, 0.05) is 17.0 Å². The molecule has 3 aromatic rings. The van der Waals surface area contributed by atoms with Crippen molar-refractivity contribution in [3.63, 3.8) is 0 Å². The molecule has 1 amide bonds. The van der Waals surface area contributed by atoms with E-state index in [2.05, 4.69) is 36.1 Å². The molecule has 0 aliphatic rings. The summed E-state index contributed by atoms with van der Waals surface area (Å²) in [6.07, 6.45) is 1.73. The fourth-order valence-electron chi connectivity index (χ4n) is 2.86. The number of rotatable bonds is 3. The maximum atomic E-state index is 12.8. The van der Waals surface area contributed by atoms with E-state index < -0.39 is 0 Å². The Kier molecular flexibility index (Phi) is 4.80. The highest BCUT2D eigenvalue weighted by atomic mass is 32.1. The van der Waals surface area contributed by atoms with Crippen molar-refractivity contribution in [3.05, 3.63) is 52.0 Å². The van der Waals surface area contributed by atoms with Crippen molar-refractivity contribution in [2.45, 2.75) is 53.0 Å². The van der Waals surface area contributed by atoms with Crippen LogP contribution < -0.4 is 5.32 Å². The molecule has 0 saturated heterocycles. The fourth-order valence-corrected chi connectivity index (χ4v) is 3.99. The van der Waals surface area contributed by atoms with Gasteiger partial charge in [-0.2, -0.15) is 0 Å². The third kappa shape index (κ3) is 3.46. The first-order chi connectivity index (χ1) is 12.2. The molecule has 6 heteroatoms. The van der Waals surface area contributed by atoms with E-state index in [1.54, 1.807) is 6.20 Å². The van der Waals surface area contributed by atoms with Crippen LogP contribution in [0.15, 0.2) is 24.4 Å². The van der Waals surface area contributed by atoms with E-state index in [1.165, 1.54) is 11.3 Å². The molecule has 3 aromatic heterocycles. The molecule has 0 aliphatic heterocycles. The van der Waals surface area contributed by atoms with Crippen LogP contribution in [-0.4, -0.2) is 20.9 Å². The highest BCUT2D eigenvalue weighted by Gasteiger charge is 2.24. The van der Waals surface area contributed by atoms with Gasteiger partial charge in [-0.05, 0) is 38.5 Å². The van der Waals surface area contributed by atoms with Crippen LogP contribution in [-0.2, 0) is 5.41 Å². The first-order valence-electron chi connectivity index (χ1n) is 8.68. The molecule has 5 nitrogen and oxygen atoms in total. The summed E-state index contributed by atoms with van der Waals surface area (Å²) in [5.41, 5.74) is 2.57. The topological polar surface area (TPSA) is 67.8 Å². The molecule has 3 rings (SSSR count). The van der Waals surface area contributed by atoms with E-state index in [0.717, 1.165) is 33.0 Å². The molecule has 1 unspecified atom stereocenters. The minimum absolute atomic E-state index is 0.0969. The minimum Gasteiger partial charge on any atom is -0.343 e. The SMILES string of the molecule is Cc1nc(C(C)(C)C)nc2sc(C(=O)NC(C)c3ccccn3)c(C)c12. The number of thiophene rings is 1. The van der Waals surface area contributed by atoms with Crippen molar-refractivity contribution >= 4 is 27.5 Å². The molecule has 0 aliphatic carbocycles. The maximum Gasteiger partial charge on any atom is 0.262 e. The second-order valence-electron chi connectivity index (χ2n) is 7.57. The normalized spacial score (nSPS) is 13.0. The smallest absolute Gasteiger partial charge is 0.262 e. The third-order valence-corrected chi connectivity index (χ3v) is 5.51. The van der Waals surface area contributed by atoms with Gasteiger partial charge in [0.2, 0.25) is 0 Å². The lowest BCUT2D eigenvalue weighted by Gasteiger charge is -2.16. The summed E-state index contributed by atoms with van der Waals surface area (Å²) in [5, 5.41) is 4.02. The Balaban J connectivity index is 1.96. The summed E-state index contributed by atoms with van der Waals surface area (Å²) in [7, 11) is 0. The molecule has 0 fully saturated rings. The van der Waals surface area contributed by atoms with Crippen LogP contribution in [0.1, 0.15) is 66.2 Å². The van der Waals surface area contributed by atoms with Crippen molar-refractivity contribution in [3.8, 4) is 0 Å². The van der Waals surface area contributed by atoms with E-state index in [4.69, 9.17) is 4.98 Å². The van der Waals surface area contributed by atoms with Crippen LogP contribution in [0.4, 0.5) is 0 Å². The zero-order chi connectivity index (χ0) is 19.1. The highest BCUT2D eigenvalue weighted by molar-refractivity contribution is 7.20. The Hall–Kier alpha value is -2.34. The Morgan fingerprint density at radius 2 is 1.92 bits per heavy atom. The lowest BCUT2D eigenvalue weighted by atomic mass is 9.95. The molecule has 136 valence electrons. The number of amides is 1. The minimum atomic E-state index is -0.161. The van der Waals surface area contributed by atoms with Gasteiger partial charge in [0.05, 0.1) is 22.3 Å². The summed E-state index contributed by atoms with van der Waals surface area (Å²) < 4.78 is 0. The van der Waals surface area contributed by atoms with Crippen LogP contribution in [0.25, 0.3) is 10.2 Å². The van der Waals surface area contributed by atoms with Gasteiger partial charge in [0.15, 0.2) is 0 Å². The number of aromatic nitrogens is 3. The number of carbonyl (C=O) groups is 1.